The first-order chi connectivity index (χ1) is 14.5. The van der Waals surface area contributed by atoms with E-state index in [4.69, 9.17) is 25.8 Å². The lowest BCUT2D eigenvalue weighted by atomic mass is 10.2. The number of nitrogens with one attached hydrogen (secondary N) is 2. The molecule has 1 atom stereocenters. The number of carbonyl (C=O) groups is 1. The van der Waals surface area contributed by atoms with Crippen LogP contribution in [0.3, 0.4) is 0 Å². The summed E-state index contributed by atoms with van der Waals surface area (Å²) in [6, 6.07) is 19.2. The number of amides is 1. The van der Waals surface area contributed by atoms with E-state index in [1.807, 2.05) is 24.3 Å². The molecule has 0 heterocycles. The second-order valence-corrected chi connectivity index (χ2v) is 6.89. The highest BCUT2D eigenvalue weighted by Gasteiger charge is 2.15. The van der Waals surface area contributed by atoms with Crippen molar-refractivity contribution in [2.45, 2.75) is 13.0 Å². The molecule has 0 spiro atoms. The van der Waals surface area contributed by atoms with Gasteiger partial charge in [0.25, 0.3) is 0 Å². The van der Waals surface area contributed by atoms with Crippen LogP contribution in [0.4, 0.5) is 11.4 Å². The van der Waals surface area contributed by atoms with Gasteiger partial charge in [0.05, 0.1) is 24.9 Å². The Morgan fingerprint density at radius 1 is 0.900 bits per heavy atom. The first-order valence-electron chi connectivity index (χ1n) is 9.32. The largest absolute Gasteiger partial charge is 0.497 e. The minimum Gasteiger partial charge on any atom is -0.497 e. The zero-order chi connectivity index (χ0) is 21.5. The minimum absolute atomic E-state index is 0.212. The molecular formula is C23H23ClN2O4. The van der Waals surface area contributed by atoms with E-state index in [-0.39, 0.29) is 5.91 Å². The fourth-order valence-electron chi connectivity index (χ4n) is 2.74. The first kappa shape index (κ1) is 21.3. The van der Waals surface area contributed by atoms with E-state index < -0.39 is 6.04 Å². The summed E-state index contributed by atoms with van der Waals surface area (Å²) in [7, 11) is 3.18. The minimum atomic E-state index is -0.511. The van der Waals surface area contributed by atoms with Crippen molar-refractivity contribution in [3.8, 4) is 23.0 Å². The smallest absolute Gasteiger partial charge is 0.246 e. The highest BCUT2D eigenvalue weighted by molar-refractivity contribution is 6.33. The number of hydrogen-bond donors (Lipinski definition) is 2. The molecule has 7 heteroatoms. The third-order valence-corrected chi connectivity index (χ3v) is 4.69. The molecule has 2 N–H and O–H groups in total. The van der Waals surface area contributed by atoms with E-state index >= 15 is 0 Å². The van der Waals surface area contributed by atoms with Crippen molar-refractivity contribution in [2.24, 2.45) is 0 Å². The molecule has 0 aromatic heterocycles. The van der Waals surface area contributed by atoms with Crippen molar-refractivity contribution in [2.75, 3.05) is 24.9 Å². The number of anilines is 2. The topological polar surface area (TPSA) is 68.8 Å². The summed E-state index contributed by atoms with van der Waals surface area (Å²) in [6.45, 7) is 1.76. The Labute approximate surface area is 180 Å². The maximum Gasteiger partial charge on any atom is 0.246 e. The van der Waals surface area contributed by atoms with Crippen LogP contribution in [-0.4, -0.2) is 26.2 Å². The molecule has 0 aliphatic rings. The zero-order valence-electron chi connectivity index (χ0n) is 16.9. The van der Waals surface area contributed by atoms with Gasteiger partial charge in [0.15, 0.2) is 11.5 Å². The third-order valence-electron chi connectivity index (χ3n) is 4.36. The average molecular weight is 427 g/mol. The van der Waals surface area contributed by atoms with Crippen LogP contribution in [0.5, 0.6) is 23.0 Å². The summed E-state index contributed by atoms with van der Waals surface area (Å²) in [6.07, 6.45) is 0. The quantitative estimate of drug-likeness (QED) is 0.491. The van der Waals surface area contributed by atoms with Crippen molar-refractivity contribution < 1.29 is 19.0 Å². The summed E-state index contributed by atoms with van der Waals surface area (Å²) in [4.78, 5) is 12.5. The molecule has 156 valence electrons. The lowest BCUT2D eigenvalue weighted by Crippen LogP contribution is -2.31. The Balaban J connectivity index is 1.71. The van der Waals surface area contributed by atoms with E-state index in [1.165, 1.54) is 0 Å². The Morgan fingerprint density at radius 2 is 1.60 bits per heavy atom. The van der Waals surface area contributed by atoms with Crippen molar-refractivity contribution in [1.82, 2.24) is 0 Å². The van der Waals surface area contributed by atoms with Gasteiger partial charge in [0.1, 0.15) is 17.5 Å². The number of para-hydroxylation sites is 1. The number of ether oxygens (including phenoxy) is 3. The molecule has 0 aliphatic carbocycles. The van der Waals surface area contributed by atoms with Crippen LogP contribution in [0, 0.1) is 0 Å². The molecule has 1 unspecified atom stereocenters. The zero-order valence-corrected chi connectivity index (χ0v) is 17.7. The fraction of sp³-hybridized carbons (Fsp3) is 0.174. The van der Waals surface area contributed by atoms with Gasteiger partial charge in [-0.1, -0.05) is 23.7 Å². The predicted molar refractivity (Wildman–Crippen MR) is 119 cm³/mol. The molecule has 1 amide bonds. The van der Waals surface area contributed by atoms with Crippen molar-refractivity contribution in [3.05, 3.63) is 71.8 Å². The van der Waals surface area contributed by atoms with Crippen LogP contribution >= 0.6 is 11.6 Å². The van der Waals surface area contributed by atoms with Crippen LogP contribution in [-0.2, 0) is 4.79 Å². The van der Waals surface area contributed by atoms with Crippen LogP contribution in [0.25, 0.3) is 0 Å². The van der Waals surface area contributed by atoms with Crippen molar-refractivity contribution >= 4 is 28.9 Å². The maximum atomic E-state index is 12.5. The van der Waals surface area contributed by atoms with Crippen LogP contribution in [0.15, 0.2) is 66.7 Å². The van der Waals surface area contributed by atoms with E-state index in [9.17, 15) is 4.79 Å². The normalized spacial score (nSPS) is 11.3. The van der Waals surface area contributed by atoms with E-state index in [2.05, 4.69) is 10.6 Å². The molecule has 30 heavy (non-hydrogen) atoms. The van der Waals surface area contributed by atoms with Crippen LogP contribution in [0.1, 0.15) is 6.92 Å². The average Bonchev–Trinajstić information content (AvgIpc) is 2.76. The number of methoxy groups -OCH3 is 2. The number of carbonyl (C=O) groups excluding carboxylic acids is 1. The lowest BCUT2D eigenvalue weighted by Gasteiger charge is -2.18. The Morgan fingerprint density at radius 3 is 2.27 bits per heavy atom. The van der Waals surface area contributed by atoms with Gasteiger partial charge in [-0.15, -0.1) is 0 Å². The molecule has 0 radical (unpaired) electrons. The van der Waals surface area contributed by atoms with E-state index in [0.717, 1.165) is 5.75 Å². The Kier molecular flexibility index (Phi) is 7.03. The van der Waals surface area contributed by atoms with E-state index in [0.29, 0.717) is 33.6 Å². The monoisotopic (exact) mass is 426 g/mol. The highest BCUT2D eigenvalue weighted by Crippen LogP contribution is 2.34. The maximum absolute atomic E-state index is 12.5. The standard InChI is InChI=1S/C23H23ClN2O4/c1-15(23(27)26-20-7-5-4-6-19(20)24)25-16-8-13-21(29-3)22(14-16)30-18-11-9-17(28-2)10-12-18/h4-15,25H,1-3H3,(H,26,27). The molecule has 0 saturated carbocycles. The summed E-state index contributed by atoms with van der Waals surface area (Å²) in [5.74, 6) is 2.26. The van der Waals surface area contributed by atoms with Crippen molar-refractivity contribution in [3.63, 3.8) is 0 Å². The summed E-state index contributed by atoms with van der Waals surface area (Å²) < 4.78 is 16.5. The van der Waals surface area contributed by atoms with Gasteiger partial charge in [-0.2, -0.15) is 0 Å². The molecule has 3 rings (SSSR count). The fourth-order valence-corrected chi connectivity index (χ4v) is 2.92. The molecule has 6 nitrogen and oxygen atoms in total. The third kappa shape index (κ3) is 5.36. The van der Waals surface area contributed by atoms with Crippen molar-refractivity contribution in [1.29, 1.82) is 0 Å². The predicted octanol–water partition coefficient (Wildman–Crippen LogP) is 5.59. The molecule has 0 fully saturated rings. The van der Waals surface area contributed by atoms with Crippen LogP contribution < -0.4 is 24.8 Å². The second-order valence-electron chi connectivity index (χ2n) is 6.48. The Bertz CT molecular complexity index is 1010. The van der Waals surface area contributed by atoms with Gasteiger partial charge in [-0.3, -0.25) is 4.79 Å². The summed E-state index contributed by atoms with van der Waals surface area (Å²) in [5.41, 5.74) is 1.28. The molecule has 3 aromatic rings. The van der Waals surface area contributed by atoms with Gasteiger partial charge >= 0.3 is 0 Å². The van der Waals surface area contributed by atoms with Gasteiger partial charge < -0.3 is 24.8 Å². The SMILES string of the molecule is COc1ccc(Oc2cc(NC(C)C(=O)Nc3ccccc3Cl)ccc2OC)cc1. The lowest BCUT2D eigenvalue weighted by molar-refractivity contribution is -0.116. The van der Waals surface area contributed by atoms with Gasteiger partial charge in [0.2, 0.25) is 5.91 Å². The molecular weight excluding hydrogens is 404 g/mol. The number of benzene rings is 3. The van der Waals surface area contributed by atoms with E-state index in [1.54, 1.807) is 63.6 Å². The molecule has 0 aliphatic heterocycles. The van der Waals surface area contributed by atoms with Gasteiger partial charge in [0, 0.05) is 11.8 Å². The summed E-state index contributed by atoms with van der Waals surface area (Å²) >= 11 is 6.11. The molecule has 0 bridgehead atoms. The first-order valence-corrected chi connectivity index (χ1v) is 9.70. The summed E-state index contributed by atoms with van der Waals surface area (Å²) in [5, 5.41) is 6.47. The molecule has 3 aromatic carbocycles. The highest BCUT2D eigenvalue weighted by atomic mass is 35.5. The number of hydrogen-bond acceptors (Lipinski definition) is 5. The van der Waals surface area contributed by atoms with Crippen LogP contribution in [0.2, 0.25) is 5.02 Å². The second kappa shape index (κ2) is 9.89. The molecule has 0 saturated heterocycles. The van der Waals surface area contributed by atoms with Gasteiger partial charge in [-0.05, 0) is 55.5 Å². The number of halogens is 1. The van der Waals surface area contributed by atoms with Gasteiger partial charge in [-0.25, -0.2) is 0 Å². The number of rotatable bonds is 8. The Hall–Kier alpha value is -3.38.